The van der Waals surface area contributed by atoms with Gasteiger partial charge in [0.1, 0.15) is 11.5 Å². The van der Waals surface area contributed by atoms with Crippen molar-refractivity contribution in [3.05, 3.63) is 47.5 Å². The Balaban J connectivity index is 0.000000200. The number of benzene rings is 2. The van der Waals surface area contributed by atoms with Crippen molar-refractivity contribution >= 4 is 11.4 Å². The molecule has 0 heterocycles. The molecule has 4 heteroatoms. The normalized spacial score (nSPS) is 9.70. The summed E-state index contributed by atoms with van der Waals surface area (Å²) in [7, 11) is 0. The van der Waals surface area contributed by atoms with E-state index in [1.54, 1.807) is 24.3 Å². The number of hydrogen-bond donors (Lipinski definition) is 4. The Bertz CT molecular complexity index is 517. The summed E-state index contributed by atoms with van der Waals surface area (Å²) >= 11 is 0. The molecular formula is C16H22N2O2. The number of nitrogen functional groups attached to an aromatic ring is 2. The highest BCUT2D eigenvalue weighted by Crippen LogP contribution is 2.21. The highest BCUT2D eigenvalue weighted by molar-refractivity contribution is 5.53. The van der Waals surface area contributed by atoms with Gasteiger partial charge in [-0.15, -0.1) is 0 Å². The molecule has 0 radical (unpaired) electrons. The molecule has 0 aliphatic heterocycles. The zero-order chi connectivity index (χ0) is 15.1. The molecule has 2 aromatic carbocycles. The minimum atomic E-state index is 0.180. The third-order valence-corrected chi connectivity index (χ3v) is 3.01. The molecular weight excluding hydrogens is 252 g/mol. The van der Waals surface area contributed by atoms with Gasteiger partial charge in [0.25, 0.3) is 0 Å². The first-order valence-electron chi connectivity index (χ1n) is 6.62. The second-order valence-electron chi connectivity index (χ2n) is 4.49. The molecule has 0 bridgehead atoms. The van der Waals surface area contributed by atoms with Gasteiger partial charge in [-0.1, -0.05) is 26.0 Å². The van der Waals surface area contributed by atoms with E-state index in [1.807, 2.05) is 26.0 Å². The summed E-state index contributed by atoms with van der Waals surface area (Å²) < 4.78 is 0. The molecule has 0 amide bonds. The Morgan fingerprint density at radius 1 is 0.750 bits per heavy atom. The topological polar surface area (TPSA) is 92.5 Å². The molecule has 6 N–H and O–H groups in total. The van der Waals surface area contributed by atoms with Crippen molar-refractivity contribution in [1.29, 1.82) is 0 Å². The van der Waals surface area contributed by atoms with Crippen molar-refractivity contribution < 1.29 is 10.2 Å². The van der Waals surface area contributed by atoms with Crippen LogP contribution < -0.4 is 11.5 Å². The summed E-state index contributed by atoms with van der Waals surface area (Å²) in [5.41, 5.74) is 13.9. The highest BCUT2D eigenvalue weighted by Gasteiger charge is 1.96. The van der Waals surface area contributed by atoms with E-state index < -0.39 is 0 Å². The van der Waals surface area contributed by atoms with Gasteiger partial charge in [0.05, 0.1) is 11.4 Å². The van der Waals surface area contributed by atoms with E-state index in [1.165, 1.54) is 0 Å². The lowest BCUT2D eigenvalue weighted by Crippen LogP contribution is -1.86. The molecule has 0 fully saturated rings. The maximum absolute atomic E-state index is 9.11. The zero-order valence-corrected chi connectivity index (χ0v) is 11.9. The predicted molar refractivity (Wildman–Crippen MR) is 83.8 cm³/mol. The average Bonchev–Trinajstić information content (AvgIpc) is 2.45. The lowest BCUT2D eigenvalue weighted by Gasteiger charge is -1.99. The molecule has 0 unspecified atom stereocenters. The van der Waals surface area contributed by atoms with Crippen molar-refractivity contribution in [3.8, 4) is 11.5 Å². The Hall–Kier alpha value is -2.36. The van der Waals surface area contributed by atoms with Gasteiger partial charge >= 0.3 is 0 Å². The number of nitrogens with two attached hydrogens (primary N) is 2. The molecule has 2 rings (SSSR count). The number of aryl methyl sites for hydroxylation is 2. The molecule has 0 atom stereocenters. The third-order valence-electron chi connectivity index (χ3n) is 3.01. The number of hydrogen-bond acceptors (Lipinski definition) is 4. The van der Waals surface area contributed by atoms with Gasteiger partial charge in [0, 0.05) is 0 Å². The predicted octanol–water partition coefficient (Wildman–Crippen LogP) is 3.07. The van der Waals surface area contributed by atoms with Crippen LogP contribution in [0.5, 0.6) is 11.5 Å². The fraction of sp³-hybridized carbons (Fsp3) is 0.250. The summed E-state index contributed by atoms with van der Waals surface area (Å²) in [6.07, 6.45) is 1.85. The Morgan fingerprint density at radius 2 is 1.10 bits per heavy atom. The maximum Gasteiger partial charge on any atom is 0.138 e. The minimum absolute atomic E-state index is 0.180. The lowest BCUT2D eigenvalue weighted by molar-refractivity contribution is 0.477. The number of phenols is 2. The Kier molecular flexibility index (Phi) is 5.72. The van der Waals surface area contributed by atoms with E-state index in [9.17, 15) is 0 Å². The summed E-state index contributed by atoms with van der Waals surface area (Å²) in [6.45, 7) is 4.07. The maximum atomic E-state index is 9.11. The van der Waals surface area contributed by atoms with Crippen molar-refractivity contribution in [2.45, 2.75) is 26.7 Å². The van der Waals surface area contributed by atoms with Crippen LogP contribution in [0.3, 0.4) is 0 Å². The second kappa shape index (κ2) is 7.28. The first-order chi connectivity index (χ1) is 9.47. The number of rotatable bonds is 2. The molecule has 20 heavy (non-hydrogen) atoms. The van der Waals surface area contributed by atoms with Gasteiger partial charge in [-0.05, 0) is 48.2 Å². The average molecular weight is 274 g/mol. The van der Waals surface area contributed by atoms with Gasteiger partial charge in [-0.25, -0.2) is 0 Å². The molecule has 0 saturated carbocycles. The molecule has 2 aromatic rings. The van der Waals surface area contributed by atoms with Crippen LogP contribution >= 0.6 is 0 Å². The monoisotopic (exact) mass is 274 g/mol. The lowest BCUT2D eigenvalue weighted by atomic mass is 10.1. The molecule has 0 aliphatic rings. The first kappa shape index (κ1) is 15.7. The van der Waals surface area contributed by atoms with E-state index in [4.69, 9.17) is 21.7 Å². The van der Waals surface area contributed by atoms with E-state index in [2.05, 4.69) is 0 Å². The molecule has 0 spiro atoms. The molecule has 0 aromatic heterocycles. The quantitative estimate of drug-likeness (QED) is 0.500. The van der Waals surface area contributed by atoms with Crippen LogP contribution in [-0.2, 0) is 12.8 Å². The van der Waals surface area contributed by atoms with Crippen LogP contribution in [0.1, 0.15) is 25.0 Å². The molecule has 4 nitrogen and oxygen atoms in total. The van der Waals surface area contributed by atoms with Gasteiger partial charge in [-0.3, -0.25) is 0 Å². The molecule has 0 saturated heterocycles. The van der Waals surface area contributed by atoms with E-state index >= 15 is 0 Å². The van der Waals surface area contributed by atoms with Crippen LogP contribution in [0.15, 0.2) is 36.4 Å². The number of phenolic OH excluding ortho intramolecular Hbond substituents is 2. The van der Waals surface area contributed by atoms with Crippen molar-refractivity contribution in [2.24, 2.45) is 0 Å². The second-order valence-corrected chi connectivity index (χ2v) is 4.49. The summed E-state index contributed by atoms with van der Waals surface area (Å²) in [4.78, 5) is 0. The van der Waals surface area contributed by atoms with Crippen molar-refractivity contribution in [2.75, 3.05) is 11.5 Å². The smallest absolute Gasteiger partial charge is 0.138 e. The molecule has 0 aliphatic carbocycles. The summed E-state index contributed by atoms with van der Waals surface area (Å²) in [6, 6.07) is 10.6. The van der Waals surface area contributed by atoms with Crippen LogP contribution in [0, 0.1) is 0 Å². The largest absolute Gasteiger partial charge is 0.506 e. The van der Waals surface area contributed by atoms with Crippen LogP contribution in [0.4, 0.5) is 11.4 Å². The van der Waals surface area contributed by atoms with Crippen LogP contribution in [-0.4, -0.2) is 10.2 Å². The zero-order valence-electron chi connectivity index (χ0n) is 11.9. The summed E-state index contributed by atoms with van der Waals surface area (Å²) in [5, 5.41) is 18.2. The van der Waals surface area contributed by atoms with Gasteiger partial charge in [-0.2, -0.15) is 0 Å². The minimum Gasteiger partial charge on any atom is -0.506 e. The van der Waals surface area contributed by atoms with Gasteiger partial charge in [0.2, 0.25) is 0 Å². The standard InChI is InChI=1S/2C8H11NO/c2*1-2-6-3-4-7(9)8(10)5-6/h2*3-5,10H,2,9H2,1H3. The fourth-order valence-electron chi connectivity index (χ4n) is 1.62. The third kappa shape index (κ3) is 4.39. The van der Waals surface area contributed by atoms with Crippen molar-refractivity contribution in [3.63, 3.8) is 0 Å². The highest BCUT2D eigenvalue weighted by atomic mass is 16.3. The van der Waals surface area contributed by atoms with Crippen molar-refractivity contribution in [1.82, 2.24) is 0 Å². The van der Waals surface area contributed by atoms with E-state index in [-0.39, 0.29) is 11.5 Å². The summed E-state index contributed by atoms with van der Waals surface area (Å²) in [5.74, 6) is 0.360. The Labute approximate surface area is 119 Å². The molecule has 108 valence electrons. The van der Waals surface area contributed by atoms with Crippen LogP contribution in [0.25, 0.3) is 0 Å². The SMILES string of the molecule is CCc1ccc(N)c(O)c1.CCc1ccc(N)c(O)c1. The van der Waals surface area contributed by atoms with Gasteiger partial charge in [0.15, 0.2) is 0 Å². The van der Waals surface area contributed by atoms with Gasteiger partial charge < -0.3 is 21.7 Å². The van der Waals surface area contributed by atoms with E-state index in [0.717, 1.165) is 24.0 Å². The van der Waals surface area contributed by atoms with Crippen LogP contribution in [0.2, 0.25) is 0 Å². The Morgan fingerprint density at radius 3 is 1.35 bits per heavy atom. The first-order valence-corrected chi connectivity index (χ1v) is 6.62. The number of aromatic hydroxyl groups is 2. The van der Waals surface area contributed by atoms with E-state index in [0.29, 0.717) is 11.4 Å². The fourth-order valence-corrected chi connectivity index (χ4v) is 1.62. The number of anilines is 2.